The Hall–Kier alpha value is -2.93. The molecule has 4 rings (SSSR count). The fraction of sp³-hybridized carbons (Fsp3) is 0.160. The van der Waals surface area contributed by atoms with E-state index in [0.29, 0.717) is 11.8 Å². The molecule has 1 saturated carbocycles. The number of hydrogen-bond donors (Lipinski definition) is 0. The zero-order valence-electron chi connectivity index (χ0n) is 14.9. The lowest BCUT2D eigenvalue weighted by Gasteiger charge is -2.39. The fourth-order valence-corrected chi connectivity index (χ4v) is 4.01. The lowest BCUT2D eigenvalue weighted by molar-refractivity contribution is 0.552. The minimum atomic E-state index is 0.330. The lowest BCUT2D eigenvalue weighted by atomic mass is 9.65. The highest BCUT2D eigenvalue weighted by Gasteiger charge is 2.37. The summed E-state index contributed by atoms with van der Waals surface area (Å²) in [5.74, 6) is 0.710. The molecule has 0 radical (unpaired) electrons. The van der Waals surface area contributed by atoms with Gasteiger partial charge in [0, 0.05) is 30.2 Å². The number of rotatable bonds is 0. The molecule has 3 aliphatic carbocycles. The summed E-state index contributed by atoms with van der Waals surface area (Å²) in [7, 11) is 0. The molecular formula is C25H23N. The van der Waals surface area contributed by atoms with Gasteiger partial charge in [-0.1, -0.05) is 85.1 Å². The number of fused-ring (bicyclic) bond motifs is 4. The summed E-state index contributed by atoms with van der Waals surface area (Å²) in [6, 6.07) is 0. The minimum absolute atomic E-state index is 0.330. The molecule has 0 spiro atoms. The molecule has 128 valence electrons. The van der Waals surface area contributed by atoms with Crippen LogP contribution in [0, 0.1) is 11.8 Å². The second-order valence-electron chi connectivity index (χ2n) is 7.04. The Bertz CT molecular complexity index is 919. The molecule has 0 amide bonds. The first-order valence-corrected chi connectivity index (χ1v) is 9.13. The fourth-order valence-electron chi connectivity index (χ4n) is 4.01. The molecule has 0 aromatic carbocycles. The van der Waals surface area contributed by atoms with Crippen molar-refractivity contribution in [1.82, 2.24) is 0 Å². The van der Waals surface area contributed by atoms with Crippen LogP contribution in [0.1, 0.15) is 12.8 Å². The molecule has 4 aliphatic rings. The van der Waals surface area contributed by atoms with Gasteiger partial charge in [-0.15, -0.1) is 0 Å². The Labute approximate surface area is 155 Å². The van der Waals surface area contributed by atoms with Crippen molar-refractivity contribution in [3.05, 3.63) is 120 Å². The van der Waals surface area contributed by atoms with Crippen LogP contribution in [0.2, 0.25) is 0 Å². The molecule has 2 atom stereocenters. The Morgan fingerprint density at radius 2 is 1.73 bits per heavy atom. The topological polar surface area (TPSA) is 12.4 Å². The smallest absolute Gasteiger partial charge is 0.0482 e. The van der Waals surface area contributed by atoms with Crippen LogP contribution in [0.15, 0.2) is 125 Å². The molecular weight excluding hydrogens is 314 g/mol. The molecule has 1 fully saturated rings. The highest BCUT2D eigenvalue weighted by Crippen LogP contribution is 2.45. The second kappa shape index (κ2) is 7.13. The van der Waals surface area contributed by atoms with Crippen molar-refractivity contribution in [1.29, 1.82) is 0 Å². The van der Waals surface area contributed by atoms with E-state index < -0.39 is 0 Å². The molecule has 1 nitrogen and oxygen atoms in total. The largest absolute Gasteiger partial charge is 0.261 e. The van der Waals surface area contributed by atoms with Crippen LogP contribution in [-0.2, 0) is 0 Å². The lowest BCUT2D eigenvalue weighted by Crippen LogP contribution is -2.32. The van der Waals surface area contributed by atoms with E-state index in [0.717, 1.165) is 29.7 Å². The molecule has 1 heteroatoms. The van der Waals surface area contributed by atoms with Crippen LogP contribution in [0.25, 0.3) is 0 Å². The van der Waals surface area contributed by atoms with Crippen LogP contribution in [0.4, 0.5) is 0 Å². The molecule has 1 heterocycles. The molecule has 1 aliphatic heterocycles. The maximum Gasteiger partial charge on any atom is 0.0482 e. The average Bonchev–Trinajstić information content (AvgIpc) is 2.63. The van der Waals surface area contributed by atoms with Crippen LogP contribution >= 0.6 is 0 Å². The van der Waals surface area contributed by atoms with Gasteiger partial charge in [-0.05, 0) is 35.3 Å². The van der Waals surface area contributed by atoms with E-state index in [1.807, 2.05) is 18.4 Å². The Kier molecular flexibility index (Phi) is 4.53. The zero-order valence-corrected chi connectivity index (χ0v) is 14.9. The Morgan fingerprint density at radius 1 is 0.885 bits per heavy atom. The molecule has 2 unspecified atom stereocenters. The van der Waals surface area contributed by atoms with Crippen molar-refractivity contribution in [3.63, 3.8) is 0 Å². The van der Waals surface area contributed by atoms with E-state index in [4.69, 9.17) is 4.99 Å². The molecule has 2 bridgehead atoms. The third kappa shape index (κ3) is 3.25. The van der Waals surface area contributed by atoms with E-state index in [9.17, 15) is 0 Å². The van der Waals surface area contributed by atoms with Gasteiger partial charge in [0.2, 0.25) is 0 Å². The predicted molar refractivity (Wildman–Crippen MR) is 112 cm³/mol. The predicted octanol–water partition coefficient (Wildman–Crippen LogP) is 6.12. The van der Waals surface area contributed by atoms with Crippen LogP contribution in [0.3, 0.4) is 0 Å². The van der Waals surface area contributed by atoms with Crippen molar-refractivity contribution >= 4 is 5.71 Å². The molecule has 0 aromatic rings. The molecule has 0 N–H and O–H groups in total. The van der Waals surface area contributed by atoms with E-state index in [2.05, 4.69) is 73.9 Å². The first kappa shape index (κ1) is 16.5. The van der Waals surface area contributed by atoms with Crippen LogP contribution in [0.5, 0.6) is 0 Å². The maximum atomic E-state index is 4.83. The standard InChI is InChI=1S/C25H23N/c1-18-9-6-12-21-17-24(26-15-14-18)23-16-19(2)8-4-3-5-10-20-11-7-13-22(21)25(20)23/h3-9,11-16,22,25H,1-2,10,17H2/b5-3-,8-4-,9-6-,15-14-,21-12+,23-16-,26-24+. The normalized spacial score (nSPS) is 38.2. The zero-order chi connectivity index (χ0) is 17.9. The van der Waals surface area contributed by atoms with Gasteiger partial charge in [0.05, 0.1) is 0 Å². The Morgan fingerprint density at radius 3 is 2.65 bits per heavy atom. The monoisotopic (exact) mass is 337 g/mol. The summed E-state index contributed by atoms with van der Waals surface area (Å²) in [6.07, 6.45) is 29.6. The highest BCUT2D eigenvalue weighted by atomic mass is 14.7. The van der Waals surface area contributed by atoms with Crippen molar-refractivity contribution in [2.24, 2.45) is 16.8 Å². The third-order valence-corrected chi connectivity index (χ3v) is 5.25. The van der Waals surface area contributed by atoms with Gasteiger partial charge in [0.1, 0.15) is 0 Å². The van der Waals surface area contributed by atoms with Gasteiger partial charge in [0.25, 0.3) is 0 Å². The van der Waals surface area contributed by atoms with Gasteiger partial charge >= 0.3 is 0 Å². The van der Waals surface area contributed by atoms with E-state index in [1.165, 1.54) is 16.7 Å². The van der Waals surface area contributed by atoms with Gasteiger partial charge in [-0.3, -0.25) is 4.99 Å². The number of allylic oxidation sites excluding steroid dienone is 17. The summed E-state index contributed by atoms with van der Waals surface area (Å²) in [5.41, 5.74) is 7.26. The average molecular weight is 337 g/mol. The minimum Gasteiger partial charge on any atom is -0.261 e. The maximum absolute atomic E-state index is 4.83. The van der Waals surface area contributed by atoms with E-state index in [1.54, 1.807) is 0 Å². The number of aliphatic imine (C=N–C) groups is 1. The van der Waals surface area contributed by atoms with E-state index in [-0.39, 0.29) is 0 Å². The van der Waals surface area contributed by atoms with Crippen molar-refractivity contribution in [2.45, 2.75) is 12.8 Å². The second-order valence-corrected chi connectivity index (χ2v) is 7.04. The summed E-state index contributed by atoms with van der Waals surface area (Å²) in [5, 5.41) is 0. The summed E-state index contributed by atoms with van der Waals surface area (Å²) >= 11 is 0. The van der Waals surface area contributed by atoms with Crippen LogP contribution < -0.4 is 0 Å². The molecule has 0 saturated heterocycles. The van der Waals surface area contributed by atoms with Crippen LogP contribution in [-0.4, -0.2) is 5.71 Å². The number of hydrogen-bond acceptors (Lipinski definition) is 1. The first-order valence-electron chi connectivity index (χ1n) is 9.13. The van der Waals surface area contributed by atoms with Crippen molar-refractivity contribution in [3.8, 4) is 0 Å². The quantitative estimate of drug-likeness (QED) is 0.504. The van der Waals surface area contributed by atoms with Crippen molar-refractivity contribution in [2.75, 3.05) is 0 Å². The van der Waals surface area contributed by atoms with Gasteiger partial charge < -0.3 is 0 Å². The molecule has 0 aromatic heterocycles. The summed E-state index contributed by atoms with van der Waals surface area (Å²) < 4.78 is 0. The van der Waals surface area contributed by atoms with Gasteiger partial charge in [-0.25, -0.2) is 0 Å². The number of nitrogens with zero attached hydrogens (tertiary/aromatic N) is 1. The van der Waals surface area contributed by atoms with Crippen molar-refractivity contribution < 1.29 is 0 Å². The molecule has 26 heavy (non-hydrogen) atoms. The van der Waals surface area contributed by atoms with Gasteiger partial charge in [0.15, 0.2) is 0 Å². The highest BCUT2D eigenvalue weighted by molar-refractivity contribution is 6.05. The first-order chi connectivity index (χ1) is 12.7. The summed E-state index contributed by atoms with van der Waals surface area (Å²) in [6.45, 7) is 8.27. The Balaban J connectivity index is 1.91. The third-order valence-electron chi connectivity index (χ3n) is 5.25. The van der Waals surface area contributed by atoms with E-state index >= 15 is 0 Å². The van der Waals surface area contributed by atoms with Gasteiger partial charge in [-0.2, -0.15) is 0 Å². The SMILES string of the molecule is C=C1/C=C\C=C2/CC(=N\C=C/1)/C1=C/C(=C)/C=C\C=C/CC3=CC=CC2C31. The summed E-state index contributed by atoms with van der Waals surface area (Å²) in [4.78, 5) is 4.83.